The van der Waals surface area contributed by atoms with Crippen molar-refractivity contribution in [3.05, 3.63) is 12.2 Å². The molecule has 3 rings (SSSR count). The lowest BCUT2D eigenvalue weighted by Crippen LogP contribution is -2.61. The first kappa shape index (κ1) is 23.5. The van der Waals surface area contributed by atoms with Gasteiger partial charge in [0.25, 0.3) is 0 Å². The lowest BCUT2D eigenvalue weighted by atomic mass is 9.93. The van der Waals surface area contributed by atoms with E-state index in [1.165, 1.54) is 12.8 Å². The zero-order chi connectivity index (χ0) is 16.4. The van der Waals surface area contributed by atoms with Gasteiger partial charge >= 0.3 is 0 Å². The van der Waals surface area contributed by atoms with Crippen LogP contribution in [0.5, 0.6) is 0 Å². The Balaban J connectivity index is 0.00000156. The van der Waals surface area contributed by atoms with Crippen molar-refractivity contribution < 1.29 is 20.1 Å². The third-order valence-corrected chi connectivity index (χ3v) is 6.37. The highest BCUT2D eigenvalue weighted by Gasteiger charge is 2.46. The summed E-state index contributed by atoms with van der Waals surface area (Å²) in [6.45, 7) is 3.21. The van der Waals surface area contributed by atoms with Gasteiger partial charge in [0.2, 0.25) is 0 Å². The monoisotopic (exact) mass is 416 g/mol. The van der Waals surface area contributed by atoms with Gasteiger partial charge in [-0.2, -0.15) is 0 Å². The molecule has 0 radical (unpaired) electrons. The highest BCUT2D eigenvalue weighted by atomic mass is 35.5. The standard InChI is InChI=1S/C16H28N2O4S.2ClH/c17-11-6-2-1-5-10(9-18-7-3-4-8-18)23-16-14(21)12(19)13(20)15(11)22-16;;/h1-2,10-16,19-21H,3-9,17H2;2*1H/t10-,11+,12-,13+,14+,15+,16+;;/m0../s1. The largest absolute Gasteiger partial charge is 0.388 e. The van der Waals surface area contributed by atoms with E-state index < -0.39 is 29.9 Å². The van der Waals surface area contributed by atoms with Crippen LogP contribution in [-0.4, -0.2) is 81.0 Å². The minimum absolute atomic E-state index is 0. The second kappa shape index (κ2) is 10.7. The number of fused-ring (bicyclic) bond motifs is 2. The van der Waals surface area contributed by atoms with E-state index in [0.717, 1.165) is 26.1 Å². The molecule has 3 aliphatic rings. The van der Waals surface area contributed by atoms with Crippen molar-refractivity contribution in [1.82, 2.24) is 4.90 Å². The zero-order valence-electron chi connectivity index (χ0n) is 14.1. The lowest BCUT2D eigenvalue weighted by molar-refractivity contribution is -0.202. The second-order valence-electron chi connectivity index (χ2n) is 6.81. The van der Waals surface area contributed by atoms with Crippen molar-refractivity contribution >= 4 is 36.6 Å². The third-order valence-electron chi connectivity index (χ3n) is 4.99. The molecule has 0 spiro atoms. The molecule has 0 aliphatic carbocycles. The fourth-order valence-corrected chi connectivity index (χ4v) is 5.00. The fourth-order valence-electron chi connectivity index (χ4n) is 3.59. The van der Waals surface area contributed by atoms with Gasteiger partial charge < -0.3 is 30.7 Å². The van der Waals surface area contributed by atoms with Crippen LogP contribution in [0.4, 0.5) is 0 Å². The van der Waals surface area contributed by atoms with E-state index in [-0.39, 0.29) is 30.9 Å². The van der Waals surface area contributed by atoms with E-state index in [0.29, 0.717) is 11.7 Å². The maximum absolute atomic E-state index is 10.3. The first-order chi connectivity index (χ1) is 11.1. The predicted octanol–water partition coefficient (Wildman–Crippen LogP) is 0.512. The molecule has 148 valence electrons. The molecule has 2 bridgehead atoms. The third kappa shape index (κ3) is 5.70. The highest BCUT2D eigenvalue weighted by molar-refractivity contribution is 8.00. The van der Waals surface area contributed by atoms with Crippen molar-refractivity contribution in [3.63, 3.8) is 0 Å². The van der Waals surface area contributed by atoms with E-state index in [2.05, 4.69) is 11.0 Å². The summed E-state index contributed by atoms with van der Waals surface area (Å²) in [4.78, 5) is 2.45. The van der Waals surface area contributed by atoms with E-state index in [4.69, 9.17) is 10.5 Å². The molecule has 3 heterocycles. The van der Waals surface area contributed by atoms with Gasteiger partial charge in [-0.05, 0) is 38.8 Å². The van der Waals surface area contributed by atoms with Crippen LogP contribution in [0.1, 0.15) is 25.7 Å². The summed E-state index contributed by atoms with van der Waals surface area (Å²) in [7, 11) is 0. The molecular weight excluding hydrogens is 387 g/mol. The number of halogens is 2. The first-order valence-corrected chi connectivity index (χ1v) is 9.48. The minimum atomic E-state index is -1.21. The lowest BCUT2D eigenvalue weighted by Gasteiger charge is -2.43. The minimum Gasteiger partial charge on any atom is -0.388 e. The smallest absolute Gasteiger partial charge is 0.132 e. The maximum Gasteiger partial charge on any atom is 0.132 e. The molecule has 2 fully saturated rings. The zero-order valence-corrected chi connectivity index (χ0v) is 16.6. The van der Waals surface area contributed by atoms with Gasteiger partial charge in [-0.25, -0.2) is 0 Å². The SMILES string of the molecule is Cl.Cl.N[C@@H]1CC=CC[C@@H](CN2CCCC2)S[C@H]2O[C@H]1[C@H](O)[C@H](O)[C@H]2O. The van der Waals surface area contributed by atoms with Gasteiger partial charge in [-0.1, -0.05) is 12.2 Å². The molecule has 6 nitrogen and oxygen atoms in total. The number of likely N-dealkylation sites (tertiary alicyclic amines) is 1. The second-order valence-corrected chi connectivity index (χ2v) is 8.22. The van der Waals surface area contributed by atoms with E-state index in [9.17, 15) is 15.3 Å². The van der Waals surface area contributed by atoms with Gasteiger partial charge in [-0.3, -0.25) is 0 Å². The summed E-state index contributed by atoms with van der Waals surface area (Å²) in [6, 6.07) is -0.387. The molecule has 25 heavy (non-hydrogen) atoms. The number of allylic oxidation sites excluding steroid dienone is 1. The van der Waals surface area contributed by atoms with Crippen LogP contribution in [0.15, 0.2) is 12.2 Å². The van der Waals surface area contributed by atoms with Gasteiger partial charge in [0.15, 0.2) is 0 Å². The van der Waals surface area contributed by atoms with Crippen molar-refractivity contribution in [2.45, 2.75) is 66.8 Å². The number of rotatable bonds is 2. The molecule has 0 saturated carbocycles. The Morgan fingerprint density at radius 2 is 1.64 bits per heavy atom. The average Bonchev–Trinajstić information content (AvgIpc) is 3.04. The van der Waals surface area contributed by atoms with Crippen LogP contribution in [-0.2, 0) is 4.74 Å². The van der Waals surface area contributed by atoms with E-state index in [1.54, 1.807) is 11.8 Å². The Hall–Kier alpha value is 0.430. The van der Waals surface area contributed by atoms with Gasteiger partial charge in [0.1, 0.15) is 29.9 Å². The van der Waals surface area contributed by atoms with Gasteiger partial charge in [-0.15, -0.1) is 36.6 Å². The van der Waals surface area contributed by atoms with Crippen LogP contribution < -0.4 is 5.73 Å². The molecule has 5 N–H and O–H groups in total. The van der Waals surface area contributed by atoms with Crippen LogP contribution in [0.25, 0.3) is 0 Å². The van der Waals surface area contributed by atoms with Crippen molar-refractivity contribution in [2.24, 2.45) is 5.73 Å². The summed E-state index contributed by atoms with van der Waals surface area (Å²) in [5.74, 6) is 0. The Kier molecular flexibility index (Phi) is 10.0. The summed E-state index contributed by atoms with van der Waals surface area (Å²) in [6.07, 6.45) is 4.05. The Bertz CT molecular complexity index is 429. The molecule has 0 aromatic rings. The van der Waals surface area contributed by atoms with Crippen molar-refractivity contribution in [3.8, 4) is 0 Å². The number of aliphatic hydroxyl groups excluding tert-OH is 3. The van der Waals surface area contributed by atoms with Crippen molar-refractivity contribution in [2.75, 3.05) is 19.6 Å². The topological polar surface area (TPSA) is 99.2 Å². The summed E-state index contributed by atoms with van der Waals surface area (Å²) >= 11 is 1.55. The first-order valence-electron chi connectivity index (χ1n) is 8.54. The number of hydrogen-bond acceptors (Lipinski definition) is 7. The summed E-state index contributed by atoms with van der Waals surface area (Å²) in [5, 5.41) is 30.9. The molecule has 0 aromatic carbocycles. The number of nitrogens with zero attached hydrogens (tertiary/aromatic N) is 1. The number of ether oxygens (including phenoxy) is 1. The molecule has 9 heteroatoms. The molecular formula is C16H30Cl2N2O4S. The molecule has 3 aliphatic heterocycles. The van der Waals surface area contributed by atoms with Crippen molar-refractivity contribution in [1.29, 1.82) is 0 Å². The van der Waals surface area contributed by atoms with E-state index >= 15 is 0 Å². The van der Waals surface area contributed by atoms with E-state index in [1.807, 2.05) is 6.08 Å². The Morgan fingerprint density at radius 1 is 1.00 bits per heavy atom. The number of hydrogen-bond donors (Lipinski definition) is 4. The normalized spacial score (nSPS) is 42.3. The summed E-state index contributed by atoms with van der Waals surface area (Å²) in [5.41, 5.74) is 5.54. The predicted molar refractivity (Wildman–Crippen MR) is 105 cm³/mol. The molecule has 0 unspecified atom stereocenters. The maximum atomic E-state index is 10.3. The molecule has 0 aromatic heterocycles. The highest BCUT2D eigenvalue weighted by Crippen LogP contribution is 2.34. The van der Waals surface area contributed by atoms with Crippen LogP contribution >= 0.6 is 36.6 Å². The fraction of sp³-hybridized carbons (Fsp3) is 0.875. The molecule has 0 amide bonds. The molecule has 2 saturated heterocycles. The number of thioether (sulfide) groups is 1. The quantitative estimate of drug-likeness (QED) is 0.486. The Labute approximate surface area is 166 Å². The van der Waals surface area contributed by atoms with Crippen LogP contribution in [0, 0.1) is 0 Å². The molecule has 7 atom stereocenters. The van der Waals surface area contributed by atoms with Gasteiger partial charge in [0, 0.05) is 17.8 Å². The number of nitrogens with two attached hydrogens (primary N) is 1. The summed E-state index contributed by atoms with van der Waals surface area (Å²) < 4.78 is 5.89. The van der Waals surface area contributed by atoms with Crippen LogP contribution in [0.2, 0.25) is 0 Å². The van der Waals surface area contributed by atoms with Gasteiger partial charge in [0.05, 0.1) is 0 Å². The Morgan fingerprint density at radius 3 is 2.32 bits per heavy atom. The van der Waals surface area contributed by atoms with Crippen LogP contribution in [0.3, 0.4) is 0 Å². The average molecular weight is 417 g/mol. The number of aliphatic hydroxyl groups is 3.